The van der Waals surface area contributed by atoms with Gasteiger partial charge in [-0.25, -0.2) is 8.42 Å². The number of hydrogen-bond acceptors (Lipinski definition) is 4. The number of rotatable bonds is 4. The van der Waals surface area contributed by atoms with Crippen molar-refractivity contribution in [2.75, 3.05) is 31.6 Å². The lowest BCUT2D eigenvalue weighted by Crippen LogP contribution is -2.40. The van der Waals surface area contributed by atoms with E-state index in [0.29, 0.717) is 28.4 Å². The maximum Gasteiger partial charge on any atom is 0.255 e. The molecule has 1 heterocycles. The van der Waals surface area contributed by atoms with Gasteiger partial charge in [-0.15, -0.1) is 0 Å². The summed E-state index contributed by atoms with van der Waals surface area (Å²) in [6.45, 7) is 3.11. The zero-order chi connectivity index (χ0) is 19.6. The number of morpholine rings is 1. The molecule has 0 radical (unpaired) electrons. The van der Waals surface area contributed by atoms with Crippen molar-refractivity contribution in [3.8, 4) is 0 Å². The average molecular weight is 474 g/mol. The summed E-state index contributed by atoms with van der Waals surface area (Å²) in [5, 5.41) is 3.37. The Balaban J connectivity index is 1.89. The van der Waals surface area contributed by atoms with Gasteiger partial charge in [-0.2, -0.15) is 4.31 Å². The van der Waals surface area contributed by atoms with Crippen LogP contribution in [0.2, 0.25) is 5.02 Å². The summed E-state index contributed by atoms with van der Waals surface area (Å²) in [7, 11) is -3.73. The van der Waals surface area contributed by atoms with Gasteiger partial charge in [-0.05, 0) is 64.8 Å². The van der Waals surface area contributed by atoms with E-state index in [-0.39, 0.29) is 23.5 Å². The van der Waals surface area contributed by atoms with Gasteiger partial charge in [0.25, 0.3) is 5.91 Å². The van der Waals surface area contributed by atoms with Crippen molar-refractivity contribution < 1.29 is 17.9 Å². The standard InChI is InChI=1S/C18H18BrClN2O4S/c1-12-10-14(20)3-5-16(12)21-18(23)13-2-4-15(19)17(11-13)27(24,25)22-6-8-26-9-7-22/h2-5,10-11H,6-9H2,1H3,(H,21,23). The minimum atomic E-state index is -3.73. The molecular formula is C18H18BrClN2O4S. The second-order valence-electron chi connectivity index (χ2n) is 6.08. The summed E-state index contributed by atoms with van der Waals surface area (Å²) < 4.78 is 32.8. The van der Waals surface area contributed by atoms with Crippen molar-refractivity contribution in [1.82, 2.24) is 4.31 Å². The molecule has 0 spiro atoms. The smallest absolute Gasteiger partial charge is 0.255 e. The van der Waals surface area contributed by atoms with Gasteiger partial charge in [0.05, 0.1) is 18.1 Å². The van der Waals surface area contributed by atoms with Crippen LogP contribution in [0.15, 0.2) is 45.8 Å². The molecule has 0 bridgehead atoms. The van der Waals surface area contributed by atoms with Crippen LogP contribution < -0.4 is 5.32 Å². The molecule has 1 N–H and O–H groups in total. The number of benzene rings is 2. The van der Waals surface area contributed by atoms with Crippen LogP contribution in [0.5, 0.6) is 0 Å². The largest absolute Gasteiger partial charge is 0.379 e. The molecule has 6 nitrogen and oxygen atoms in total. The van der Waals surface area contributed by atoms with Crippen molar-refractivity contribution in [2.24, 2.45) is 0 Å². The molecule has 0 atom stereocenters. The van der Waals surface area contributed by atoms with E-state index in [1.807, 2.05) is 6.92 Å². The van der Waals surface area contributed by atoms with E-state index in [4.69, 9.17) is 16.3 Å². The van der Waals surface area contributed by atoms with Crippen LogP contribution in [0.1, 0.15) is 15.9 Å². The Labute approximate surface area is 171 Å². The molecule has 1 saturated heterocycles. The van der Waals surface area contributed by atoms with Crippen LogP contribution in [0.25, 0.3) is 0 Å². The molecule has 9 heteroatoms. The number of hydrogen-bond donors (Lipinski definition) is 1. The third kappa shape index (κ3) is 4.52. The molecular weight excluding hydrogens is 456 g/mol. The number of sulfonamides is 1. The first-order valence-corrected chi connectivity index (χ1v) is 10.8. The minimum Gasteiger partial charge on any atom is -0.379 e. The minimum absolute atomic E-state index is 0.0601. The number of nitrogens with one attached hydrogen (secondary N) is 1. The van der Waals surface area contributed by atoms with Crippen molar-refractivity contribution >= 4 is 49.1 Å². The molecule has 3 rings (SSSR count). The maximum atomic E-state index is 12.9. The van der Waals surface area contributed by atoms with Crippen LogP contribution in [-0.4, -0.2) is 44.9 Å². The molecule has 2 aromatic carbocycles. The first kappa shape index (κ1) is 20.3. The highest BCUT2D eigenvalue weighted by Gasteiger charge is 2.29. The van der Waals surface area contributed by atoms with Gasteiger partial charge in [0.15, 0.2) is 0 Å². The Kier molecular flexibility index (Phi) is 6.22. The van der Waals surface area contributed by atoms with Crippen LogP contribution in [0, 0.1) is 6.92 Å². The zero-order valence-electron chi connectivity index (χ0n) is 14.5. The topological polar surface area (TPSA) is 75.7 Å². The van der Waals surface area contributed by atoms with E-state index in [1.165, 1.54) is 10.4 Å². The molecule has 144 valence electrons. The predicted octanol–water partition coefficient (Wildman–Crippen LogP) is 3.68. The highest BCUT2D eigenvalue weighted by molar-refractivity contribution is 9.10. The summed E-state index contributed by atoms with van der Waals surface area (Å²) in [5.74, 6) is -0.397. The van der Waals surface area contributed by atoms with Crippen LogP contribution in [0.3, 0.4) is 0 Å². The second kappa shape index (κ2) is 8.28. The van der Waals surface area contributed by atoms with Crippen LogP contribution in [-0.2, 0) is 14.8 Å². The second-order valence-corrected chi connectivity index (χ2v) is 9.27. The number of halogens is 2. The Bertz CT molecular complexity index is 975. The van der Waals surface area contributed by atoms with Crippen LogP contribution >= 0.6 is 27.5 Å². The predicted molar refractivity (Wildman–Crippen MR) is 108 cm³/mol. The number of carbonyl (C=O) groups excluding carboxylic acids is 1. The van der Waals surface area contributed by atoms with Gasteiger partial charge < -0.3 is 10.1 Å². The van der Waals surface area contributed by atoms with E-state index < -0.39 is 15.9 Å². The summed E-state index contributed by atoms with van der Waals surface area (Å²) in [4.78, 5) is 12.7. The Morgan fingerprint density at radius 2 is 1.89 bits per heavy atom. The molecule has 2 aromatic rings. The van der Waals surface area contributed by atoms with E-state index in [0.717, 1.165) is 5.56 Å². The quantitative estimate of drug-likeness (QED) is 0.735. The first-order chi connectivity index (χ1) is 12.8. The van der Waals surface area contributed by atoms with E-state index >= 15 is 0 Å². The van der Waals surface area contributed by atoms with Crippen molar-refractivity contribution in [3.05, 3.63) is 57.0 Å². The normalized spacial score (nSPS) is 15.5. The molecule has 0 saturated carbocycles. The number of aryl methyl sites for hydroxylation is 1. The van der Waals surface area contributed by atoms with Gasteiger partial charge in [-0.3, -0.25) is 4.79 Å². The third-order valence-electron chi connectivity index (χ3n) is 4.22. The lowest BCUT2D eigenvalue weighted by atomic mass is 10.1. The lowest BCUT2D eigenvalue weighted by Gasteiger charge is -2.26. The fourth-order valence-corrected chi connectivity index (χ4v) is 5.32. The van der Waals surface area contributed by atoms with Crippen molar-refractivity contribution in [3.63, 3.8) is 0 Å². The Hall–Kier alpha value is -1.45. The maximum absolute atomic E-state index is 12.9. The van der Waals surface area contributed by atoms with Crippen molar-refractivity contribution in [1.29, 1.82) is 0 Å². The highest BCUT2D eigenvalue weighted by atomic mass is 79.9. The van der Waals surface area contributed by atoms with Gasteiger partial charge in [-0.1, -0.05) is 11.6 Å². The Morgan fingerprint density at radius 1 is 1.19 bits per heavy atom. The number of nitrogens with zero attached hydrogens (tertiary/aromatic N) is 1. The number of ether oxygens (including phenoxy) is 1. The molecule has 27 heavy (non-hydrogen) atoms. The van der Waals surface area contributed by atoms with E-state index in [9.17, 15) is 13.2 Å². The summed E-state index contributed by atoms with van der Waals surface area (Å²) in [6.07, 6.45) is 0. The van der Waals surface area contributed by atoms with Crippen molar-refractivity contribution in [2.45, 2.75) is 11.8 Å². The Morgan fingerprint density at radius 3 is 2.56 bits per heavy atom. The SMILES string of the molecule is Cc1cc(Cl)ccc1NC(=O)c1ccc(Br)c(S(=O)(=O)N2CCOCC2)c1. The average Bonchev–Trinajstić information content (AvgIpc) is 2.65. The molecule has 1 fully saturated rings. The fourth-order valence-electron chi connectivity index (χ4n) is 2.73. The molecule has 1 aliphatic rings. The number of anilines is 1. The van der Waals surface area contributed by atoms with Gasteiger partial charge in [0, 0.05) is 33.8 Å². The van der Waals surface area contributed by atoms with E-state index in [2.05, 4.69) is 21.2 Å². The van der Waals surface area contributed by atoms with E-state index in [1.54, 1.807) is 30.3 Å². The van der Waals surface area contributed by atoms with Gasteiger partial charge in [0.1, 0.15) is 0 Å². The summed E-state index contributed by atoms with van der Waals surface area (Å²) in [5.41, 5.74) is 1.68. The molecule has 1 amide bonds. The number of carbonyl (C=O) groups is 1. The first-order valence-electron chi connectivity index (χ1n) is 8.24. The third-order valence-corrected chi connectivity index (χ3v) is 7.35. The number of amides is 1. The molecule has 1 aliphatic heterocycles. The summed E-state index contributed by atoms with van der Waals surface area (Å²) >= 11 is 9.22. The summed E-state index contributed by atoms with van der Waals surface area (Å²) in [6, 6.07) is 9.66. The lowest BCUT2D eigenvalue weighted by molar-refractivity contribution is 0.0730. The van der Waals surface area contributed by atoms with Crippen LogP contribution in [0.4, 0.5) is 5.69 Å². The molecule has 0 unspecified atom stereocenters. The van der Waals surface area contributed by atoms with Gasteiger partial charge >= 0.3 is 0 Å². The van der Waals surface area contributed by atoms with Gasteiger partial charge in [0.2, 0.25) is 10.0 Å². The fraction of sp³-hybridized carbons (Fsp3) is 0.278. The molecule has 0 aliphatic carbocycles. The zero-order valence-corrected chi connectivity index (χ0v) is 17.7. The highest BCUT2D eigenvalue weighted by Crippen LogP contribution is 2.28. The molecule has 0 aromatic heterocycles. The monoisotopic (exact) mass is 472 g/mol.